The van der Waals surface area contributed by atoms with Gasteiger partial charge >= 0.3 is 0 Å². The second kappa shape index (κ2) is 6.34. The van der Waals surface area contributed by atoms with Crippen molar-refractivity contribution in [2.75, 3.05) is 5.32 Å². The van der Waals surface area contributed by atoms with Crippen LogP contribution in [0.15, 0.2) is 66.0 Å². The highest BCUT2D eigenvalue weighted by Crippen LogP contribution is 2.47. The molecule has 3 nitrogen and oxygen atoms in total. The number of rotatable bonds is 2. The number of pyridine rings is 1. The van der Waals surface area contributed by atoms with Crippen LogP contribution >= 0.6 is 0 Å². The van der Waals surface area contributed by atoms with Crippen molar-refractivity contribution in [3.05, 3.63) is 82.7 Å². The zero-order valence-electron chi connectivity index (χ0n) is 15.5. The maximum Gasteiger partial charge on any atom is 0.161 e. The first kappa shape index (κ1) is 16.2. The molecule has 2 aliphatic rings. The van der Waals surface area contributed by atoms with Gasteiger partial charge in [-0.1, -0.05) is 37.3 Å². The standard InChI is InChI=1S/C24H22N2O/c1-2-15-8-10-16(11-9-15)22-23-17-5-4-14-25-18(17)12-13-20(23)26-19-6-3-7-21(27)24(19)22/h4-5,8-14,22,26H,2-3,6-7H2,1H3. The lowest BCUT2D eigenvalue weighted by molar-refractivity contribution is -0.116. The molecule has 27 heavy (non-hydrogen) atoms. The molecule has 134 valence electrons. The number of carbonyl (C=O) groups is 1. The van der Waals surface area contributed by atoms with Crippen molar-refractivity contribution in [1.82, 2.24) is 4.98 Å². The third-order valence-electron chi connectivity index (χ3n) is 5.87. The Labute approximate surface area is 159 Å². The minimum Gasteiger partial charge on any atom is -0.358 e. The van der Waals surface area contributed by atoms with Crippen LogP contribution in [0.3, 0.4) is 0 Å². The highest BCUT2D eigenvalue weighted by Gasteiger charge is 2.36. The van der Waals surface area contributed by atoms with Gasteiger partial charge in [-0.25, -0.2) is 0 Å². The minimum absolute atomic E-state index is 0.0251. The van der Waals surface area contributed by atoms with Gasteiger partial charge in [-0.05, 0) is 54.2 Å². The normalized spacial score (nSPS) is 18.9. The summed E-state index contributed by atoms with van der Waals surface area (Å²) in [6, 6.07) is 17.0. The smallest absolute Gasteiger partial charge is 0.161 e. The summed E-state index contributed by atoms with van der Waals surface area (Å²) in [5.41, 5.74) is 7.82. The first-order valence-corrected chi connectivity index (χ1v) is 9.76. The summed E-state index contributed by atoms with van der Waals surface area (Å²) in [4.78, 5) is 17.5. The van der Waals surface area contributed by atoms with Gasteiger partial charge in [0.05, 0.1) is 5.52 Å². The molecule has 0 saturated heterocycles. The molecule has 1 aromatic heterocycles. The summed E-state index contributed by atoms with van der Waals surface area (Å²) in [6.07, 6.45) is 5.35. The van der Waals surface area contributed by atoms with Gasteiger partial charge in [0, 0.05) is 40.9 Å². The molecule has 1 N–H and O–H groups in total. The van der Waals surface area contributed by atoms with Crippen molar-refractivity contribution in [3.63, 3.8) is 0 Å². The molecule has 0 spiro atoms. The molecule has 5 rings (SSSR count). The van der Waals surface area contributed by atoms with E-state index >= 15 is 0 Å². The SMILES string of the molecule is CCc1ccc(C2C3=C(CCCC3=O)Nc3ccc4ncccc4c32)cc1. The number of hydrogen-bond donors (Lipinski definition) is 1. The molecule has 0 fully saturated rings. The number of carbonyl (C=O) groups excluding carboxylic acids is 1. The predicted molar refractivity (Wildman–Crippen MR) is 109 cm³/mol. The molecular formula is C24H22N2O. The summed E-state index contributed by atoms with van der Waals surface area (Å²) in [5, 5.41) is 4.70. The van der Waals surface area contributed by atoms with Crippen LogP contribution in [0.5, 0.6) is 0 Å². The number of aryl methyl sites for hydroxylation is 1. The first-order valence-electron chi connectivity index (χ1n) is 9.76. The third kappa shape index (κ3) is 2.57. The molecule has 2 heterocycles. The Bertz CT molecular complexity index is 1080. The quantitative estimate of drug-likeness (QED) is 0.673. The van der Waals surface area contributed by atoms with Crippen LogP contribution in [0.25, 0.3) is 10.9 Å². The fourth-order valence-electron chi connectivity index (χ4n) is 4.51. The van der Waals surface area contributed by atoms with Crippen LogP contribution in [0.4, 0.5) is 5.69 Å². The van der Waals surface area contributed by atoms with Gasteiger partial charge in [-0.3, -0.25) is 9.78 Å². The largest absolute Gasteiger partial charge is 0.358 e. The Morgan fingerprint density at radius 2 is 1.93 bits per heavy atom. The van der Waals surface area contributed by atoms with Crippen molar-refractivity contribution >= 4 is 22.4 Å². The van der Waals surface area contributed by atoms with E-state index in [9.17, 15) is 4.79 Å². The number of benzene rings is 2. The van der Waals surface area contributed by atoms with E-state index in [0.717, 1.165) is 47.1 Å². The van der Waals surface area contributed by atoms with E-state index in [0.29, 0.717) is 6.42 Å². The van der Waals surface area contributed by atoms with E-state index in [4.69, 9.17) is 0 Å². The molecule has 0 saturated carbocycles. The first-order chi connectivity index (χ1) is 13.3. The lowest BCUT2D eigenvalue weighted by atomic mass is 9.74. The fraction of sp³-hybridized carbons (Fsp3) is 0.250. The Balaban J connectivity index is 1.79. The zero-order valence-corrected chi connectivity index (χ0v) is 15.5. The van der Waals surface area contributed by atoms with Crippen LogP contribution in [-0.4, -0.2) is 10.8 Å². The van der Waals surface area contributed by atoms with Gasteiger partial charge in [0.15, 0.2) is 5.78 Å². The van der Waals surface area contributed by atoms with Crippen molar-refractivity contribution in [3.8, 4) is 0 Å². The van der Waals surface area contributed by atoms with Crippen molar-refractivity contribution in [1.29, 1.82) is 0 Å². The summed E-state index contributed by atoms with van der Waals surface area (Å²) >= 11 is 0. The second-order valence-corrected chi connectivity index (χ2v) is 7.42. The Morgan fingerprint density at radius 3 is 2.74 bits per heavy atom. The van der Waals surface area contributed by atoms with Crippen molar-refractivity contribution in [2.45, 2.75) is 38.5 Å². The lowest BCUT2D eigenvalue weighted by Gasteiger charge is -2.35. The summed E-state index contributed by atoms with van der Waals surface area (Å²) in [5.74, 6) is 0.253. The number of nitrogens with one attached hydrogen (secondary N) is 1. The molecule has 3 aromatic rings. The number of fused-ring (bicyclic) bond motifs is 3. The monoisotopic (exact) mass is 354 g/mol. The maximum absolute atomic E-state index is 13.0. The number of allylic oxidation sites excluding steroid dienone is 2. The van der Waals surface area contributed by atoms with Crippen molar-refractivity contribution < 1.29 is 4.79 Å². The molecule has 3 heteroatoms. The van der Waals surface area contributed by atoms with E-state index in [2.05, 4.69) is 59.7 Å². The van der Waals surface area contributed by atoms with Gasteiger partial charge in [-0.15, -0.1) is 0 Å². The summed E-state index contributed by atoms with van der Waals surface area (Å²) in [6.45, 7) is 2.17. The van der Waals surface area contributed by atoms with E-state index in [1.807, 2.05) is 12.3 Å². The molecule has 0 bridgehead atoms. The Morgan fingerprint density at radius 1 is 1.07 bits per heavy atom. The maximum atomic E-state index is 13.0. The van der Waals surface area contributed by atoms with Gasteiger partial charge in [0.25, 0.3) is 0 Å². The molecule has 1 aliphatic heterocycles. The van der Waals surface area contributed by atoms with Crippen LogP contribution < -0.4 is 5.32 Å². The van der Waals surface area contributed by atoms with Gasteiger partial charge < -0.3 is 5.32 Å². The third-order valence-corrected chi connectivity index (χ3v) is 5.87. The van der Waals surface area contributed by atoms with Gasteiger partial charge in [-0.2, -0.15) is 0 Å². The van der Waals surface area contributed by atoms with E-state index in [1.165, 1.54) is 16.7 Å². The van der Waals surface area contributed by atoms with Crippen LogP contribution in [0, 0.1) is 0 Å². The summed E-state index contributed by atoms with van der Waals surface area (Å²) in [7, 11) is 0. The molecule has 1 unspecified atom stereocenters. The lowest BCUT2D eigenvalue weighted by Crippen LogP contribution is -2.27. The molecular weight excluding hydrogens is 332 g/mol. The fourth-order valence-corrected chi connectivity index (χ4v) is 4.51. The molecule has 1 aliphatic carbocycles. The topological polar surface area (TPSA) is 42.0 Å². The predicted octanol–water partition coefficient (Wildman–Crippen LogP) is 5.36. The van der Waals surface area contributed by atoms with E-state index in [-0.39, 0.29) is 11.7 Å². The van der Waals surface area contributed by atoms with E-state index in [1.54, 1.807) is 0 Å². The molecule has 1 atom stereocenters. The summed E-state index contributed by atoms with van der Waals surface area (Å²) < 4.78 is 0. The number of aromatic nitrogens is 1. The molecule has 0 radical (unpaired) electrons. The minimum atomic E-state index is -0.0251. The number of anilines is 1. The van der Waals surface area contributed by atoms with E-state index < -0.39 is 0 Å². The molecule has 2 aromatic carbocycles. The number of Topliss-reactive ketones (excluding diaryl/α,β-unsaturated/α-hetero) is 1. The van der Waals surface area contributed by atoms with Gasteiger partial charge in [0.1, 0.15) is 0 Å². The highest BCUT2D eigenvalue weighted by molar-refractivity contribution is 6.03. The van der Waals surface area contributed by atoms with Gasteiger partial charge in [0.2, 0.25) is 0 Å². The van der Waals surface area contributed by atoms with Crippen LogP contribution in [0.2, 0.25) is 0 Å². The average Bonchev–Trinajstić information content (AvgIpc) is 2.72. The average molecular weight is 354 g/mol. The Hall–Kier alpha value is -2.94. The molecule has 0 amide bonds. The van der Waals surface area contributed by atoms with Crippen molar-refractivity contribution in [2.24, 2.45) is 0 Å². The van der Waals surface area contributed by atoms with Crippen LogP contribution in [-0.2, 0) is 11.2 Å². The number of ketones is 1. The number of nitrogens with zero attached hydrogens (tertiary/aromatic N) is 1. The Kier molecular flexibility index (Phi) is 3.82. The van der Waals surface area contributed by atoms with Crippen LogP contribution in [0.1, 0.15) is 48.8 Å². The zero-order chi connectivity index (χ0) is 18.4. The number of hydrogen-bond acceptors (Lipinski definition) is 3. The highest BCUT2D eigenvalue weighted by atomic mass is 16.1. The second-order valence-electron chi connectivity index (χ2n) is 7.42.